The number of benzene rings is 2. The van der Waals surface area contributed by atoms with Crippen LogP contribution >= 0.6 is 0 Å². The summed E-state index contributed by atoms with van der Waals surface area (Å²) >= 11 is 0. The van der Waals surface area contributed by atoms with E-state index < -0.39 is 11.8 Å². The average molecular weight is 366 g/mol. The molecule has 2 amide bonds. The van der Waals surface area contributed by atoms with Crippen molar-refractivity contribution >= 4 is 11.8 Å². The van der Waals surface area contributed by atoms with Gasteiger partial charge in [0.25, 0.3) is 11.8 Å². The molecule has 0 saturated heterocycles. The summed E-state index contributed by atoms with van der Waals surface area (Å²) in [6, 6.07) is 12.4. The fourth-order valence-corrected chi connectivity index (χ4v) is 1.87. The molecule has 4 N–H and O–H groups in total. The Bertz CT molecular complexity index is 632. The molecule has 0 fully saturated rings. The molecule has 2 rings (SSSR count). The molecule has 7 heteroatoms. The molecule has 0 atom stereocenters. The number of hydrogen-bond donors (Lipinski definition) is 4. The molecule has 0 aliphatic rings. The van der Waals surface area contributed by atoms with E-state index in [-0.39, 0.29) is 55.2 Å². The maximum Gasteiger partial charge on any atom is 0.255 e. The smallest absolute Gasteiger partial charge is 0.255 e. The third kappa shape index (κ3) is 5.07. The van der Waals surface area contributed by atoms with Gasteiger partial charge in [-0.2, -0.15) is 0 Å². The fraction of sp³-hybridized carbons (Fsp3) is 0.125. The van der Waals surface area contributed by atoms with Crippen molar-refractivity contribution < 1.29 is 39.3 Å². The average Bonchev–Trinajstić information content (AvgIpc) is 2.52. The van der Waals surface area contributed by atoms with Crippen molar-refractivity contribution in [1.82, 2.24) is 10.6 Å². The van der Waals surface area contributed by atoms with E-state index in [0.29, 0.717) is 0 Å². The number of aromatic hydroxyl groups is 2. The van der Waals surface area contributed by atoms with Crippen LogP contribution in [-0.4, -0.2) is 35.1 Å². The van der Waals surface area contributed by atoms with Crippen LogP contribution in [0.25, 0.3) is 0 Å². The molecule has 0 aromatic heterocycles. The minimum Gasteiger partial charge on any atom is -0.507 e. The van der Waals surface area contributed by atoms with E-state index in [0.717, 1.165) is 0 Å². The van der Waals surface area contributed by atoms with Crippen molar-refractivity contribution in [3.8, 4) is 11.5 Å². The monoisotopic (exact) mass is 364 g/mol. The zero-order valence-corrected chi connectivity index (χ0v) is 15.4. The van der Waals surface area contributed by atoms with Crippen LogP contribution in [0, 0.1) is 0 Å². The number of para-hydroxylation sites is 2. The Morgan fingerprint density at radius 1 is 0.739 bits per heavy atom. The Morgan fingerprint density at radius 3 is 1.43 bits per heavy atom. The molecular weight excluding hydrogens is 350 g/mol. The molecular formula is C16H16N2O4Zn. The first-order valence-corrected chi connectivity index (χ1v) is 6.72. The third-order valence-corrected chi connectivity index (χ3v) is 2.99. The SMILES string of the molecule is O=C(NCCNC(=O)c1ccccc1O)c1ccccc1O.[Zn]. The molecule has 0 radical (unpaired) electrons. The standard InChI is InChI=1S/C16H16N2O4.Zn/c19-13-7-3-1-5-11(13)15(21)17-9-10-18-16(22)12-6-2-4-8-14(12)20;/h1-8,19-20H,9-10H2,(H,17,21)(H,18,22);. The van der Waals surface area contributed by atoms with E-state index in [1.807, 2.05) is 0 Å². The first-order chi connectivity index (χ1) is 10.6. The predicted octanol–water partition coefficient (Wildman–Crippen LogP) is 1.26. The van der Waals surface area contributed by atoms with Gasteiger partial charge in [0, 0.05) is 32.6 Å². The number of amides is 2. The molecule has 0 unspecified atom stereocenters. The van der Waals surface area contributed by atoms with Gasteiger partial charge in [-0.3, -0.25) is 9.59 Å². The van der Waals surface area contributed by atoms with E-state index >= 15 is 0 Å². The van der Waals surface area contributed by atoms with Crippen LogP contribution in [0.1, 0.15) is 20.7 Å². The van der Waals surface area contributed by atoms with E-state index in [1.165, 1.54) is 24.3 Å². The zero-order chi connectivity index (χ0) is 15.9. The van der Waals surface area contributed by atoms with Gasteiger partial charge in [-0.1, -0.05) is 24.3 Å². The molecule has 2 aromatic carbocycles. The zero-order valence-electron chi connectivity index (χ0n) is 12.5. The second-order valence-electron chi connectivity index (χ2n) is 4.55. The number of phenolic OH excluding ortho intramolecular Hbond substituents is 2. The largest absolute Gasteiger partial charge is 0.507 e. The summed E-state index contributed by atoms with van der Waals surface area (Å²) in [5.41, 5.74) is 0.351. The van der Waals surface area contributed by atoms with Gasteiger partial charge < -0.3 is 20.8 Å². The quantitative estimate of drug-likeness (QED) is 0.473. The van der Waals surface area contributed by atoms with Gasteiger partial charge in [-0.15, -0.1) is 0 Å². The van der Waals surface area contributed by atoms with Crippen molar-refractivity contribution in [2.75, 3.05) is 13.1 Å². The first-order valence-electron chi connectivity index (χ1n) is 6.72. The normalized spacial score (nSPS) is 9.57. The maximum atomic E-state index is 11.8. The minimum absolute atomic E-state index is 0. The van der Waals surface area contributed by atoms with Crippen LogP contribution in [0.4, 0.5) is 0 Å². The Labute approximate surface area is 146 Å². The van der Waals surface area contributed by atoms with E-state index in [9.17, 15) is 19.8 Å². The van der Waals surface area contributed by atoms with Gasteiger partial charge in [-0.05, 0) is 24.3 Å². The summed E-state index contributed by atoms with van der Waals surface area (Å²) in [5.74, 6) is -1.04. The van der Waals surface area contributed by atoms with Crippen LogP contribution in [0.2, 0.25) is 0 Å². The van der Waals surface area contributed by atoms with Crippen molar-refractivity contribution in [1.29, 1.82) is 0 Å². The summed E-state index contributed by atoms with van der Waals surface area (Å²) in [5, 5.41) is 24.3. The van der Waals surface area contributed by atoms with Gasteiger partial charge in [0.2, 0.25) is 0 Å². The molecule has 2 aromatic rings. The number of nitrogens with one attached hydrogen (secondary N) is 2. The summed E-state index contributed by atoms with van der Waals surface area (Å²) < 4.78 is 0. The summed E-state index contributed by atoms with van der Waals surface area (Å²) in [6.45, 7) is 0.402. The number of phenols is 2. The molecule has 0 saturated carbocycles. The molecule has 23 heavy (non-hydrogen) atoms. The minimum atomic E-state index is -0.421. The molecule has 0 bridgehead atoms. The Morgan fingerprint density at radius 2 is 1.09 bits per heavy atom. The van der Waals surface area contributed by atoms with Gasteiger partial charge in [0.15, 0.2) is 0 Å². The van der Waals surface area contributed by atoms with Crippen LogP contribution in [-0.2, 0) is 19.5 Å². The van der Waals surface area contributed by atoms with Crippen molar-refractivity contribution in [2.45, 2.75) is 0 Å². The Balaban J connectivity index is 0.00000264. The number of hydrogen-bond acceptors (Lipinski definition) is 4. The van der Waals surface area contributed by atoms with Gasteiger partial charge in [-0.25, -0.2) is 0 Å². The molecule has 116 valence electrons. The number of carbonyl (C=O) groups excluding carboxylic acids is 2. The fourth-order valence-electron chi connectivity index (χ4n) is 1.87. The molecule has 6 nitrogen and oxygen atoms in total. The topological polar surface area (TPSA) is 98.7 Å². The Hall–Kier alpha value is -2.40. The second kappa shape index (κ2) is 8.90. The molecule has 0 aliphatic carbocycles. The van der Waals surface area contributed by atoms with Gasteiger partial charge in [0.05, 0.1) is 11.1 Å². The van der Waals surface area contributed by atoms with Gasteiger partial charge >= 0.3 is 0 Å². The molecule has 0 aliphatic heterocycles. The van der Waals surface area contributed by atoms with Crippen LogP contribution in [0.15, 0.2) is 48.5 Å². The van der Waals surface area contributed by atoms with Crippen LogP contribution in [0.3, 0.4) is 0 Å². The third-order valence-electron chi connectivity index (χ3n) is 2.99. The molecule has 0 spiro atoms. The van der Waals surface area contributed by atoms with Crippen molar-refractivity contribution in [3.63, 3.8) is 0 Å². The number of carbonyl (C=O) groups is 2. The van der Waals surface area contributed by atoms with E-state index in [2.05, 4.69) is 10.6 Å². The van der Waals surface area contributed by atoms with Crippen LogP contribution < -0.4 is 10.6 Å². The van der Waals surface area contributed by atoms with E-state index in [1.54, 1.807) is 24.3 Å². The maximum absolute atomic E-state index is 11.8. The number of rotatable bonds is 5. The first kappa shape index (κ1) is 18.7. The van der Waals surface area contributed by atoms with Crippen LogP contribution in [0.5, 0.6) is 11.5 Å². The second-order valence-corrected chi connectivity index (χ2v) is 4.55. The van der Waals surface area contributed by atoms with Crippen molar-refractivity contribution in [2.24, 2.45) is 0 Å². The van der Waals surface area contributed by atoms with E-state index in [4.69, 9.17) is 0 Å². The Kier molecular flexibility index (Phi) is 7.22. The summed E-state index contributed by atoms with van der Waals surface area (Å²) in [4.78, 5) is 23.6. The molecule has 0 heterocycles. The summed E-state index contributed by atoms with van der Waals surface area (Å²) in [7, 11) is 0. The summed E-state index contributed by atoms with van der Waals surface area (Å²) in [6.07, 6.45) is 0. The van der Waals surface area contributed by atoms with Gasteiger partial charge in [0.1, 0.15) is 11.5 Å². The van der Waals surface area contributed by atoms with Crippen molar-refractivity contribution in [3.05, 3.63) is 59.7 Å². The predicted molar refractivity (Wildman–Crippen MR) is 80.9 cm³/mol.